The summed E-state index contributed by atoms with van der Waals surface area (Å²) in [6, 6.07) is 0.373. The topological polar surface area (TPSA) is 88.5 Å². The molecule has 2 aromatic heterocycles. The van der Waals surface area contributed by atoms with Gasteiger partial charge in [0.25, 0.3) is 0 Å². The third kappa shape index (κ3) is 4.43. The van der Waals surface area contributed by atoms with E-state index < -0.39 is 0 Å². The summed E-state index contributed by atoms with van der Waals surface area (Å²) in [5, 5.41) is 3.01. The maximum absolute atomic E-state index is 11.7. The molecule has 1 amide bonds. The minimum atomic E-state index is 0. The fourth-order valence-corrected chi connectivity index (χ4v) is 3.17. The molecule has 3 rings (SSSR count). The minimum absolute atomic E-state index is 0. The van der Waals surface area contributed by atoms with Crippen molar-refractivity contribution in [2.45, 2.75) is 38.3 Å². The van der Waals surface area contributed by atoms with Gasteiger partial charge in [-0.05, 0) is 19.4 Å². The molecule has 1 saturated heterocycles. The average molecular weight is 353 g/mol. The number of rotatable bonds is 6. The van der Waals surface area contributed by atoms with E-state index in [2.05, 4.69) is 24.6 Å². The maximum atomic E-state index is 11.7. The molecule has 0 saturated carbocycles. The van der Waals surface area contributed by atoms with Gasteiger partial charge in [-0.15, -0.1) is 12.4 Å². The first-order chi connectivity index (χ1) is 11.3. The van der Waals surface area contributed by atoms with Crippen LogP contribution in [0.25, 0.3) is 5.65 Å². The molecule has 3 heterocycles. The second kappa shape index (κ2) is 8.96. The summed E-state index contributed by atoms with van der Waals surface area (Å²) in [6.45, 7) is 2.98. The summed E-state index contributed by atoms with van der Waals surface area (Å²) in [5.41, 5.74) is 7.45. The number of aromatic nitrogens is 3. The van der Waals surface area contributed by atoms with Crippen LogP contribution in [0.15, 0.2) is 24.8 Å². The predicted molar refractivity (Wildman–Crippen MR) is 95.0 cm³/mol. The molecular formula is C16H25ClN6O. The highest BCUT2D eigenvalue weighted by Gasteiger charge is 2.23. The monoisotopic (exact) mass is 352 g/mol. The van der Waals surface area contributed by atoms with E-state index in [1.54, 1.807) is 12.4 Å². The van der Waals surface area contributed by atoms with Gasteiger partial charge in [0.1, 0.15) is 0 Å². The summed E-state index contributed by atoms with van der Waals surface area (Å²) in [5.74, 6) is 0.0406. The molecule has 1 unspecified atom stereocenters. The number of hydrogen-bond acceptors (Lipinski definition) is 5. The summed E-state index contributed by atoms with van der Waals surface area (Å²) in [6.07, 6.45) is 11.3. The Morgan fingerprint density at radius 3 is 3.08 bits per heavy atom. The predicted octanol–water partition coefficient (Wildman–Crippen LogP) is 0.971. The Balaban J connectivity index is 0.00000208. The van der Waals surface area contributed by atoms with Crippen LogP contribution in [0.1, 0.15) is 31.4 Å². The Kier molecular flexibility index (Phi) is 6.96. The molecule has 0 radical (unpaired) electrons. The van der Waals surface area contributed by atoms with Crippen LogP contribution in [0.5, 0.6) is 0 Å². The number of halogens is 1. The Morgan fingerprint density at radius 1 is 1.38 bits per heavy atom. The number of fused-ring (bicyclic) bond motifs is 1. The fourth-order valence-electron chi connectivity index (χ4n) is 3.17. The molecule has 1 fully saturated rings. The number of nitrogens with two attached hydrogens (primary N) is 1. The molecule has 0 bridgehead atoms. The standard InChI is InChI=1S/C16H24N6O.ClH/c17-5-4-16(23)20-9-13-3-1-2-7-21(13)12-14-10-19-15-11-18-6-8-22(14)15;/h6,8,10-11,13H,1-5,7,9,12,17H2,(H,20,23);1H. The van der Waals surface area contributed by atoms with Crippen LogP contribution >= 0.6 is 12.4 Å². The Morgan fingerprint density at radius 2 is 2.25 bits per heavy atom. The molecule has 1 aliphatic heterocycles. The highest BCUT2D eigenvalue weighted by atomic mass is 35.5. The largest absolute Gasteiger partial charge is 0.354 e. The van der Waals surface area contributed by atoms with E-state index in [0.29, 0.717) is 25.6 Å². The van der Waals surface area contributed by atoms with Crippen molar-refractivity contribution >= 4 is 24.0 Å². The van der Waals surface area contributed by atoms with Crippen molar-refractivity contribution in [1.29, 1.82) is 0 Å². The summed E-state index contributed by atoms with van der Waals surface area (Å²) >= 11 is 0. The number of nitrogens with zero attached hydrogens (tertiary/aromatic N) is 4. The van der Waals surface area contributed by atoms with Crippen molar-refractivity contribution in [1.82, 2.24) is 24.6 Å². The molecule has 24 heavy (non-hydrogen) atoms. The van der Waals surface area contributed by atoms with Gasteiger partial charge in [0.05, 0.1) is 18.1 Å². The van der Waals surface area contributed by atoms with E-state index in [1.807, 2.05) is 12.4 Å². The summed E-state index contributed by atoms with van der Waals surface area (Å²) in [4.78, 5) is 22.6. The molecule has 1 atom stereocenters. The number of piperidine rings is 1. The number of likely N-dealkylation sites (tertiary alicyclic amines) is 1. The van der Waals surface area contributed by atoms with Gasteiger partial charge < -0.3 is 11.1 Å². The zero-order chi connectivity index (χ0) is 16.1. The third-order valence-corrected chi connectivity index (χ3v) is 4.41. The van der Waals surface area contributed by atoms with Gasteiger partial charge in [-0.1, -0.05) is 6.42 Å². The molecule has 3 N–H and O–H groups in total. The van der Waals surface area contributed by atoms with E-state index in [1.165, 1.54) is 12.8 Å². The van der Waals surface area contributed by atoms with Crippen LogP contribution in [-0.4, -0.2) is 50.9 Å². The number of imidazole rings is 1. The van der Waals surface area contributed by atoms with Crippen LogP contribution in [-0.2, 0) is 11.3 Å². The van der Waals surface area contributed by atoms with E-state index in [4.69, 9.17) is 5.73 Å². The quantitative estimate of drug-likeness (QED) is 0.808. The first-order valence-electron chi connectivity index (χ1n) is 8.24. The van der Waals surface area contributed by atoms with Crippen molar-refractivity contribution in [3.8, 4) is 0 Å². The van der Waals surface area contributed by atoms with Crippen molar-refractivity contribution in [3.05, 3.63) is 30.5 Å². The lowest BCUT2D eigenvalue weighted by Gasteiger charge is -2.35. The van der Waals surface area contributed by atoms with Crippen LogP contribution in [0, 0.1) is 0 Å². The number of carbonyl (C=O) groups is 1. The summed E-state index contributed by atoms with van der Waals surface area (Å²) in [7, 11) is 0. The van der Waals surface area contributed by atoms with Crippen molar-refractivity contribution in [2.24, 2.45) is 5.73 Å². The van der Waals surface area contributed by atoms with Crippen LogP contribution < -0.4 is 11.1 Å². The number of hydrogen-bond donors (Lipinski definition) is 2. The maximum Gasteiger partial charge on any atom is 0.221 e. The smallest absolute Gasteiger partial charge is 0.221 e. The highest BCUT2D eigenvalue weighted by molar-refractivity contribution is 5.85. The van der Waals surface area contributed by atoms with Gasteiger partial charge in [-0.2, -0.15) is 0 Å². The van der Waals surface area contributed by atoms with E-state index >= 15 is 0 Å². The molecule has 2 aromatic rings. The van der Waals surface area contributed by atoms with Gasteiger partial charge in [0, 0.05) is 44.5 Å². The second-order valence-electron chi connectivity index (χ2n) is 6.02. The Bertz CT molecular complexity index is 661. The van der Waals surface area contributed by atoms with Crippen LogP contribution in [0.3, 0.4) is 0 Å². The van der Waals surface area contributed by atoms with Gasteiger partial charge in [0.2, 0.25) is 5.91 Å². The minimum Gasteiger partial charge on any atom is -0.354 e. The van der Waals surface area contributed by atoms with Crippen molar-refractivity contribution < 1.29 is 4.79 Å². The Hall–Kier alpha value is -1.70. The molecule has 0 aromatic carbocycles. The van der Waals surface area contributed by atoms with Crippen LogP contribution in [0.2, 0.25) is 0 Å². The lowest BCUT2D eigenvalue weighted by molar-refractivity contribution is -0.121. The number of carbonyl (C=O) groups excluding carboxylic acids is 1. The first-order valence-corrected chi connectivity index (χ1v) is 8.24. The molecule has 0 aliphatic carbocycles. The molecule has 1 aliphatic rings. The second-order valence-corrected chi connectivity index (χ2v) is 6.02. The molecule has 132 valence electrons. The third-order valence-electron chi connectivity index (χ3n) is 4.41. The lowest BCUT2D eigenvalue weighted by Crippen LogP contribution is -2.46. The molecule has 7 nitrogen and oxygen atoms in total. The SMILES string of the molecule is Cl.NCCC(=O)NCC1CCCCN1Cc1cnc2cnccn12. The first kappa shape index (κ1) is 18.6. The molecule has 0 spiro atoms. The van der Waals surface area contributed by atoms with Crippen molar-refractivity contribution in [2.75, 3.05) is 19.6 Å². The highest BCUT2D eigenvalue weighted by Crippen LogP contribution is 2.19. The number of amides is 1. The average Bonchev–Trinajstić information content (AvgIpc) is 2.98. The lowest BCUT2D eigenvalue weighted by atomic mass is 10.0. The summed E-state index contributed by atoms with van der Waals surface area (Å²) < 4.78 is 2.08. The van der Waals surface area contributed by atoms with Gasteiger partial charge in [-0.25, -0.2) is 4.98 Å². The Labute approximate surface area is 148 Å². The van der Waals surface area contributed by atoms with Crippen molar-refractivity contribution in [3.63, 3.8) is 0 Å². The normalized spacial score (nSPS) is 18.3. The molecular weight excluding hydrogens is 328 g/mol. The zero-order valence-corrected chi connectivity index (χ0v) is 14.5. The van der Waals surface area contributed by atoms with E-state index in [9.17, 15) is 4.79 Å². The zero-order valence-electron chi connectivity index (χ0n) is 13.7. The van der Waals surface area contributed by atoms with Gasteiger partial charge in [0.15, 0.2) is 5.65 Å². The van der Waals surface area contributed by atoms with E-state index in [-0.39, 0.29) is 18.3 Å². The number of nitrogens with one attached hydrogen (secondary N) is 1. The van der Waals surface area contributed by atoms with E-state index in [0.717, 1.165) is 30.9 Å². The van der Waals surface area contributed by atoms with Gasteiger partial charge in [-0.3, -0.25) is 19.1 Å². The molecule has 8 heteroatoms. The van der Waals surface area contributed by atoms with Gasteiger partial charge >= 0.3 is 0 Å². The van der Waals surface area contributed by atoms with Crippen LogP contribution in [0.4, 0.5) is 0 Å². The fraction of sp³-hybridized carbons (Fsp3) is 0.562.